The Morgan fingerprint density at radius 1 is 1.31 bits per heavy atom. The van der Waals surface area contributed by atoms with Crippen molar-refractivity contribution in [1.29, 1.82) is 0 Å². The first-order valence-corrected chi connectivity index (χ1v) is 9.82. The van der Waals surface area contributed by atoms with Crippen LogP contribution in [0.4, 0.5) is 0 Å². The molecule has 1 aliphatic rings. The predicted molar refractivity (Wildman–Crippen MR) is 102 cm³/mol. The number of halogens is 1. The molecule has 0 aromatic carbocycles. The van der Waals surface area contributed by atoms with E-state index in [0.29, 0.717) is 43.6 Å². The second kappa shape index (κ2) is 8.81. The van der Waals surface area contributed by atoms with E-state index >= 15 is 0 Å². The largest absolute Gasteiger partial charge is 0.345 e. The van der Waals surface area contributed by atoms with Crippen LogP contribution < -0.4 is 5.32 Å². The van der Waals surface area contributed by atoms with Crippen LogP contribution in [0.5, 0.6) is 0 Å². The lowest BCUT2D eigenvalue weighted by atomic mass is 10.2. The van der Waals surface area contributed by atoms with Crippen LogP contribution in [0, 0.1) is 0 Å². The van der Waals surface area contributed by atoms with Crippen LogP contribution in [-0.4, -0.2) is 73.3 Å². The molecular weight excluding hydrogens is 378 g/mol. The van der Waals surface area contributed by atoms with Gasteiger partial charge >= 0.3 is 0 Å². The zero-order chi connectivity index (χ0) is 17.9. The minimum atomic E-state index is -3.60. The highest BCUT2D eigenvalue weighted by Gasteiger charge is 2.31. The molecule has 0 atom stereocenters. The van der Waals surface area contributed by atoms with E-state index in [1.807, 2.05) is 7.05 Å². The van der Waals surface area contributed by atoms with Crippen molar-refractivity contribution in [3.8, 4) is 0 Å². The number of nitrogens with one attached hydrogen (secondary N) is 2. The number of carbonyl (C=O) groups excluding carboxylic acids is 1. The van der Waals surface area contributed by atoms with E-state index in [4.69, 9.17) is 0 Å². The lowest BCUT2D eigenvalue weighted by molar-refractivity contribution is -0.132. The number of aromatic nitrogens is 2. The first kappa shape index (κ1) is 20.6. The lowest BCUT2D eigenvalue weighted by Crippen LogP contribution is -2.50. The van der Waals surface area contributed by atoms with E-state index in [1.165, 1.54) is 10.5 Å². The maximum absolute atomic E-state index is 12.9. The molecule has 1 fully saturated rings. The minimum Gasteiger partial charge on any atom is -0.345 e. The number of hydrogen-bond acceptors (Lipinski definition) is 5. The van der Waals surface area contributed by atoms with Crippen molar-refractivity contribution in [3.63, 3.8) is 0 Å². The van der Waals surface area contributed by atoms with Crippen LogP contribution in [0.25, 0.3) is 11.0 Å². The van der Waals surface area contributed by atoms with E-state index in [-0.39, 0.29) is 23.2 Å². The molecule has 2 N–H and O–H groups in total. The van der Waals surface area contributed by atoms with Gasteiger partial charge in [0.15, 0.2) is 0 Å². The standard InChI is InChI=1S/C16H23N5O3S.ClH/c1-17-6-3-5-15(22)20-8-10-21(11-9-20)25(23,24)14-12-19-16-13(14)4-2-7-18-16;/h2,4,7,12,17H,3,5-6,8-11H2,1H3,(H,18,19);1H. The van der Waals surface area contributed by atoms with Crippen molar-refractivity contribution in [2.75, 3.05) is 39.8 Å². The van der Waals surface area contributed by atoms with E-state index in [9.17, 15) is 13.2 Å². The molecule has 0 bridgehead atoms. The Morgan fingerprint density at radius 3 is 2.73 bits per heavy atom. The van der Waals surface area contributed by atoms with E-state index in [1.54, 1.807) is 23.2 Å². The van der Waals surface area contributed by atoms with Gasteiger partial charge in [-0.15, -0.1) is 12.4 Å². The maximum Gasteiger partial charge on any atom is 0.245 e. The quantitative estimate of drug-likeness (QED) is 0.698. The molecule has 2 aromatic rings. The average Bonchev–Trinajstić information content (AvgIpc) is 3.07. The van der Waals surface area contributed by atoms with Crippen LogP contribution in [0.2, 0.25) is 0 Å². The zero-order valence-electron chi connectivity index (χ0n) is 14.6. The number of H-pyrrole nitrogens is 1. The molecule has 1 saturated heterocycles. The summed E-state index contributed by atoms with van der Waals surface area (Å²) in [6, 6.07) is 3.46. The van der Waals surface area contributed by atoms with Gasteiger partial charge in [0, 0.05) is 50.4 Å². The Hall–Kier alpha value is -1.68. The molecule has 0 saturated carbocycles. The summed E-state index contributed by atoms with van der Waals surface area (Å²) in [5.74, 6) is 0.0867. The van der Waals surface area contributed by atoms with Crippen molar-refractivity contribution >= 4 is 39.4 Å². The molecule has 3 rings (SSSR count). The van der Waals surface area contributed by atoms with Crippen molar-refractivity contribution in [3.05, 3.63) is 24.5 Å². The third-order valence-electron chi connectivity index (χ3n) is 4.44. The number of amides is 1. The predicted octanol–water partition coefficient (Wildman–Crippen LogP) is 0.817. The Kier molecular flexibility index (Phi) is 6.99. The molecule has 0 spiro atoms. The van der Waals surface area contributed by atoms with Gasteiger partial charge < -0.3 is 15.2 Å². The Balaban J connectivity index is 0.00000243. The van der Waals surface area contributed by atoms with Crippen LogP contribution in [-0.2, 0) is 14.8 Å². The van der Waals surface area contributed by atoms with Gasteiger partial charge in [-0.25, -0.2) is 13.4 Å². The van der Waals surface area contributed by atoms with Gasteiger partial charge in [-0.2, -0.15) is 4.31 Å². The molecule has 26 heavy (non-hydrogen) atoms. The summed E-state index contributed by atoms with van der Waals surface area (Å²) in [7, 11) is -1.75. The highest BCUT2D eigenvalue weighted by molar-refractivity contribution is 7.89. The highest BCUT2D eigenvalue weighted by Crippen LogP contribution is 2.25. The first-order chi connectivity index (χ1) is 12.0. The first-order valence-electron chi connectivity index (χ1n) is 8.38. The monoisotopic (exact) mass is 401 g/mol. The normalized spacial score (nSPS) is 15.8. The summed E-state index contributed by atoms with van der Waals surface area (Å²) in [6.07, 6.45) is 4.38. The molecule has 8 nitrogen and oxygen atoms in total. The third kappa shape index (κ3) is 4.17. The summed E-state index contributed by atoms with van der Waals surface area (Å²) < 4.78 is 27.3. The van der Waals surface area contributed by atoms with Crippen molar-refractivity contribution in [2.24, 2.45) is 0 Å². The fraction of sp³-hybridized carbons (Fsp3) is 0.500. The molecule has 144 valence electrons. The van der Waals surface area contributed by atoms with E-state index in [0.717, 1.165) is 13.0 Å². The van der Waals surface area contributed by atoms with Crippen molar-refractivity contribution in [2.45, 2.75) is 17.7 Å². The summed E-state index contributed by atoms with van der Waals surface area (Å²) in [4.78, 5) is 21.2. The molecule has 3 heterocycles. The van der Waals surface area contributed by atoms with Gasteiger partial charge in [-0.1, -0.05) is 0 Å². The fourth-order valence-corrected chi connectivity index (χ4v) is 4.61. The van der Waals surface area contributed by atoms with Crippen molar-refractivity contribution < 1.29 is 13.2 Å². The van der Waals surface area contributed by atoms with Gasteiger partial charge in [0.25, 0.3) is 0 Å². The fourth-order valence-electron chi connectivity index (χ4n) is 3.04. The third-order valence-corrected chi connectivity index (χ3v) is 6.38. The molecule has 0 aliphatic carbocycles. The number of aromatic amines is 1. The smallest absolute Gasteiger partial charge is 0.245 e. The van der Waals surface area contributed by atoms with Gasteiger partial charge in [0.2, 0.25) is 15.9 Å². The summed E-state index contributed by atoms with van der Waals surface area (Å²) in [6.45, 7) is 2.28. The molecule has 0 unspecified atom stereocenters. The molecular formula is C16H24ClN5O3S. The molecule has 2 aromatic heterocycles. The number of hydrogen-bond donors (Lipinski definition) is 2. The summed E-state index contributed by atoms with van der Waals surface area (Å²) >= 11 is 0. The summed E-state index contributed by atoms with van der Waals surface area (Å²) in [5, 5.41) is 3.61. The lowest BCUT2D eigenvalue weighted by Gasteiger charge is -2.34. The van der Waals surface area contributed by atoms with Crippen molar-refractivity contribution in [1.82, 2.24) is 24.5 Å². The second-order valence-electron chi connectivity index (χ2n) is 6.04. The minimum absolute atomic E-state index is 0. The molecule has 1 amide bonds. The Bertz CT molecular complexity index is 846. The number of carbonyl (C=O) groups is 1. The number of sulfonamides is 1. The number of piperazine rings is 1. The van der Waals surface area contributed by atoms with Gasteiger partial charge in [-0.3, -0.25) is 4.79 Å². The average molecular weight is 402 g/mol. The number of nitrogens with zero attached hydrogens (tertiary/aromatic N) is 3. The van der Waals surface area contributed by atoms with Crippen LogP contribution >= 0.6 is 12.4 Å². The maximum atomic E-state index is 12.9. The van der Waals surface area contributed by atoms with Crippen LogP contribution in [0.3, 0.4) is 0 Å². The molecule has 1 aliphatic heterocycles. The number of fused-ring (bicyclic) bond motifs is 1. The van der Waals surface area contributed by atoms with Crippen LogP contribution in [0.15, 0.2) is 29.4 Å². The SMILES string of the molecule is CNCCCC(=O)N1CCN(S(=O)(=O)c2c[nH]c3ncccc23)CC1.Cl. The topological polar surface area (TPSA) is 98.4 Å². The molecule has 0 radical (unpaired) electrons. The molecule has 10 heteroatoms. The van der Waals surface area contributed by atoms with Gasteiger partial charge in [-0.05, 0) is 32.1 Å². The Labute approximate surface area is 159 Å². The van der Waals surface area contributed by atoms with E-state index < -0.39 is 10.0 Å². The number of pyridine rings is 1. The second-order valence-corrected chi connectivity index (χ2v) is 7.95. The summed E-state index contributed by atoms with van der Waals surface area (Å²) in [5.41, 5.74) is 0.555. The van der Waals surface area contributed by atoms with Gasteiger partial charge in [0.05, 0.1) is 0 Å². The highest BCUT2D eigenvalue weighted by atomic mass is 35.5. The Morgan fingerprint density at radius 2 is 2.04 bits per heavy atom. The number of rotatable bonds is 6. The van der Waals surface area contributed by atoms with Crippen LogP contribution in [0.1, 0.15) is 12.8 Å². The van der Waals surface area contributed by atoms with Gasteiger partial charge in [0.1, 0.15) is 10.5 Å². The van der Waals surface area contributed by atoms with E-state index in [2.05, 4.69) is 15.3 Å². The zero-order valence-corrected chi connectivity index (χ0v) is 16.3.